The topological polar surface area (TPSA) is 77.9 Å². The van der Waals surface area contributed by atoms with Crippen LogP contribution in [0.5, 0.6) is 0 Å². The third kappa shape index (κ3) is 5.86. The number of benzene rings is 2. The van der Waals surface area contributed by atoms with E-state index >= 15 is 0 Å². The van der Waals surface area contributed by atoms with Gasteiger partial charge < -0.3 is 5.11 Å². The second-order valence-electron chi connectivity index (χ2n) is 6.01. The average Bonchev–Trinajstić information content (AvgIpc) is 2.70. The molecule has 142 valence electrons. The minimum atomic E-state index is -1.11. The summed E-state index contributed by atoms with van der Waals surface area (Å²) in [6.07, 6.45) is 0. The molecule has 0 aromatic heterocycles. The van der Waals surface area contributed by atoms with Crippen molar-refractivity contribution in [2.45, 2.75) is 6.92 Å². The molecule has 27 heavy (non-hydrogen) atoms. The van der Waals surface area contributed by atoms with Crippen LogP contribution >= 0.6 is 11.8 Å². The smallest absolute Gasteiger partial charge is 0.325 e. The van der Waals surface area contributed by atoms with Gasteiger partial charge in [0.1, 0.15) is 6.54 Å². The summed E-state index contributed by atoms with van der Waals surface area (Å²) in [6, 6.07) is 17.9. The number of nitrogens with zero attached hydrogens (tertiary/aromatic N) is 2. The van der Waals surface area contributed by atoms with Gasteiger partial charge in [0.05, 0.1) is 5.69 Å². The lowest BCUT2D eigenvalue weighted by atomic mass is 10.2. The molecule has 1 N–H and O–H groups in total. The van der Waals surface area contributed by atoms with Crippen LogP contribution in [0.2, 0.25) is 0 Å². The first-order chi connectivity index (χ1) is 12.9. The number of carbonyl (C=O) groups excluding carboxylic acids is 2. The highest BCUT2D eigenvalue weighted by molar-refractivity contribution is 8.14. The molecule has 2 aromatic carbocycles. The number of hydrogen-bond donors (Lipinski definition) is 1. The number of carboxylic acid groups (broad SMARTS) is 1. The maximum absolute atomic E-state index is 12.8. The normalized spacial score (nSPS) is 11.5. The zero-order chi connectivity index (χ0) is 19.8. The summed E-state index contributed by atoms with van der Waals surface area (Å²) in [5, 5.41) is 11.8. The van der Waals surface area contributed by atoms with Crippen molar-refractivity contribution in [3.63, 3.8) is 0 Å². The van der Waals surface area contributed by atoms with Crippen molar-refractivity contribution >= 4 is 34.4 Å². The Balaban J connectivity index is 2.05. The highest BCUT2D eigenvalue weighted by Gasteiger charge is 2.27. The van der Waals surface area contributed by atoms with Gasteiger partial charge in [-0.1, -0.05) is 67.2 Å². The van der Waals surface area contributed by atoms with Gasteiger partial charge in [-0.15, -0.1) is 0 Å². The summed E-state index contributed by atoms with van der Waals surface area (Å²) < 4.78 is 0. The van der Waals surface area contributed by atoms with Crippen molar-refractivity contribution in [3.05, 3.63) is 66.2 Å². The van der Waals surface area contributed by atoms with E-state index in [4.69, 9.17) is 0 Å². The van der Waals surface area contributed by atoms with Crippen molar-refractivity contribution < 1.29 is 19.5 Å². The number of anilines is 1. The first kappa shape index (κ1) is 20.5. The van der Waals surface area contributed by atoms with Crippen LogP contribution in [0.4, 0.5) is 5.69 Å². The maximum atomic E-state index is 12.8. The number of rotatable bonds is 8. The van der Waals surface area contributed by atoms with E-state index in [1.165, 1.54) is 10.0 Å². The minimum absolute atomic E-state index is 0.114. The third-order valence-corrected chi connectivity index (χ3v) is 5.09. The molecule has 0 radical (unpaired) electrons. The van der Waals surface area contributed by atoms with Crippen LogP contribution in [0, 0.1) is 5.92 Å². The van der Waals surface area contributed by atoms with E-state index in [9.17, 15) is 19.5 Å². The predicted octanol–water partition coefficient (Wildman–Crippen LogP) is 3.16. The van der Waals surface area contributed by atoms with Gasteiger partial charge in [-0.3, -0.25) is 19.4 Å². The third-order valence-electron chi connectivity index (χ3n) is 3.93. The molecule has 0 bridgehead atoms. The Morgan fingerprint density at radius 1 is 1.00 bits per heavy atom. The van der Waals surface area contributed by atoms with E-state index in [-0.39, 0.29) is 16.8 Å². The van der Waals surface area contributed by atoms with Crippen molar-refractivity contribution in [1.29, 1.82) is 0 Å². The van der Waals surface area contributed by atoms with Crippen LogP contribution in [0.25, 0.3) is 0 Å². The van der Waals surface area contributed by atoms with Crippen molar-refractivity contribution in [1.82, 2.24) is 5.01 Å². The summed E-state index contributed by atoms with van der Waals surface area (Å²) in [4.78, 5) is 36.3. The van der Waals surface area contributed by atoms with E-state index in [2.05, 4.69) is 0 Å². The molecule has 0 aliphatic carbocycles. The van der Waals surface area contributed by atoms with Gasteiger partial charge in [0.25, 0.3) is 0 Å². The number of amides is 1. The number of carbonyl (C=O) groups is 3. The molecule has 0 aliphatic heterocycles. The fourth-order valence-electron chi connectivity index (χ4n) is 2.43. The van der Waals surface area contributed by atoms with E-state index in [1.54, 1.807) is 50.4 Å². The van der Waals surface area contributed by atoms with Crippen LogP contribution in [0.1, 0.15) is 17.3 Å². The molecular formula is C20H22N2O4S. The minimum Gasteiger partial charge on any atom is -0.480 e. The monoisotopic (exact) mass is 386 g/mol. The molecule has 1 amide bonds. The lowest BCUT2D eigenvalue weighted by molar-refractivity contribution is -0.146. The SMILES string of the molecule is C[C@H](CSC(=O)c1ccccc1)C(=O)N(CC(=O)O)N(C)c1ccccc1. The fraction of sp³-hybridized carbons (Fsp3) is 0.250. The number of thioether (sulfide) groups is 1. The highest BCUT2D eigenvalue weighted by atomic mass is 32.2. The summed E-state index contributed by atoms with van der Waals surface area (Å²) in [5.41, 5.74) is 1.28. The Morgan fingerprint density at radius 3 is 2.11 bits per heavy atom. The second kappa shape index (κ2) is 9.78. The molecule has 2 rings (SSSR count). The molecule has 0 fully saturated rings. The molecule has 0 unspecified atom stereocenters. The summed E-state index contributed by atoms with van der Waals surface area (Å²) in [6.45, 7) is 1.24. The first-order valence-electron chi connectivity index (χ1n) is 8.44. The number of hydrogen-bond acceptors (Lipinski definition) is 5. The molecule has 1 atom stereocenters. The van der Waals surface area contributed by atoms with Gasteiger partial charge in [0, 0.05) is 24.3 Å². The van der Waals surface area contributed by atoms with Crippen molar-refractivity contribution in [2.24, 2.45) is 5.92 Å². The Hall–Kier alpha value is -2.80. The van der Waals surface area contributed by atoms with Gasteiger partial charge in [-0.25, -0.2) is 5.01 Å². The van der Waals surface area contributed by atoms with Gasteiger partial charge in [-0.05, 0) is 12.1 Å². The Kier molecular flexibility index (Phi) is 7.43. The van der Waals surface area contributed by atoms with E-state index in [1.807, 2.05) is 24.3 Å². The molecule has 2 aromatic rings. The Morgan fingerprint density at radius 2 is 1.56 bits per heavy atom. The zero-order valence-corrected chi connectivity index (χ0v) is 16.1. The number of hydrazine groups is 1. The fourth-order valence-corrected chi connectivity index (χ4v) is 3.27. The average molecular weight is 386 g/mol. The summed E-state index contributed by atoms with van der Waals surface area (Å²) >= 11 is 1.06. The standard InChI is InChI=1S/C20H22N2O4S/c1-15(14-27-20(26)16-9-5-3-6-10-16)19(25)22(13-18(23)24)21(2)17-11-7-4-8-12-17/h3-12,15H,13-14H2,1-2H3,(H,23,24)/t15-/m1/s1. The molecule has 0 saturated carbocycles. The van der Waals surface area contributed by atoms with Gasteiger partial charge in [0.15, 0.2) is 0 Å². The molecule has 0 heterocycles. The van der Waals surface area contributed by atoms with E-state index < -0.39 is 18.4 Å². The van der Waals surface area contributed by atoms with E-state index in [0.29, 0.717) is 11.3 Å². The molecule has 6 nitrogen and oxygen atoms in total. The first-order valence-corrected chi connectivity index (χ1v) is 9.42. The summed E-state index contributed by atoms with van der Waals surface area (Å²) in [5.74, 6) is -1.71. The van der Waals surface area contributed by atoms with E-state index in [0.717, 1.165) is 11.8 Å². The van der Waals surface area contributed by atoms with Crippen LogP contribution in [-0.4, -0.2) is 46.5 Å². The molecule has 0 spiro atoms. The molecule has 0 aliphatic rings. The lowest BCUT2D eigenvalue weighted by Gasteiger charge is -2.34. The van der Waals surface area contributed by atoms with Gasteiger partial charge >= 0.3 is 5.97 Å². The van der Waals surface area contributed by atoms with Gasteiger partial charge in [-0.2, -0.15) is 0 Å². The van der Waals surface area contributed by atoms with Crippen molar-refractivity contribution in [2.75, 3.05) is 24.4 Å². The molecule has 0 saturated heterocycles. The lowest BCUT2D eigenvalue weighted by Crippen LogP contribution is -2.49. The molecular weight excluding hydrogens is 364 g/mol. The summed E-state index contributed by atoms with van der Waals surface area (Å²) in [7, 11) is 1.64. The Labute approximate surface area is 162 Å². The van der Waals surface area contributed by atoms with Crippen LogP contribution in [0.15, 0.2) is 60.7 Å². The number of carboxylic acids is 1. The maximum Gasteiger partial charge on any atom is 0.325 e. The number of aliphatic carboxylic acids is 1. The molecule has 7 heteroatoms. The largest absolute Gasteiger partial charge is 0.480 e. The number of para-hydroxylation sites is 1. The van der Waals surface area contributed by atoms with Crippen LogP contribution < -0.4 is 5.01 Å². The Bertz CT molecular complexity index is 783. The highest BCUT2D eigenvalue weighted by Crippen LogP contribution is 2.20. The van der Waals surface area contributed by atoms with Crippen molar-refractivity contribution in [3.8, 4) is 0 Å². The van der Waals surface area contributed by atoms with Gasteiger partial charge in [0.2, 0.25) is 11.0 Å². The zero-order valence-electron chi connectivity index (χ0n) is 15.2. The quantitative estimate of drug-likeness (QED) is 0.702. The van der Waals surface area contributed by atoms with Crippen LogP contribution in [-0.2, 0) is 9.59 Å². The second-order valence-corrected chi connectivity index (χ2v) is 7.01. The predicted molar refractivity (Wildman–Crippen MR) is 107 cm³/mol. The van der Waals surface area contributed by atoms with Crippen LogP contribution in [0.3, 0.4) is 0 Å².